The second-order valence-corrected chi connectivity index (χ2v) is 6.89. The normalized spacial score (nSPS) is 18.5. The van der Waals surface area contributed by atoms with Crippen molar-refractivity contribution in [3.63, 3.8) is 0 Å². The highest BCUT2D eigenvalue weighted by molar-refractivity contribution is 6.13. The van der Waals surface area contributed by atoms with Gasteiger partial charge >= 0.3 is 0 Å². The molecule has 26 heavy (non-hydrogen) atoms. The lowest BCUT2D eigenvalue weighted by atomic mass is 9.80. The summed E-state index contributed by atoms with van der Waals surface area (Å²) >= 11 is 0. The molecule has 1 N–H and O–H groups in total. The van der Waals surface area contributed by atoms with Gasteiger partial charge in [0, 0.05) is 22.3 Å². The molecule has 4 heteroatoms. The maximum absolute atomic E-state index is 12.9. The number of carbonyl (C=O) groups excluding carboxylic acids is 1. The number of benzene rings is 2. The number of ether oxygens (including phenoxy) is 1. The first kappa shape index (κ1) is 18.8. The van der Waals surface area contributed by atoms with E-state index in [0.29, 0.717) is 28.9 Å². The monoisotopic (exact) mass is 354 g/mol. The van der Waals surface area contributed by atoms with Crippen molar-refractivity contribution in [1.82, 2.24) is 0 Å². The molecule has 0 radical (unpaired) electrons. The lowest BCUT2D eigenvalue weighted by Gasteiger charge is -2.37. The lowest BCUT2D eigenvalue weighted by Crippen LogP contribution is -2.40. The second-order valence-electron chi connectivity index (χ2n) is 6.89. The molecule has 0 amide bonds. The molecule has 0 aliphatic heterocycles. The molecule has 4 nitrogen and oxygen atoms in total. The van der Waals surface area contributed by atoms with Crippen LogP contribution in [0.25, 0.3) is 0 Å². The van der Waals surface area contributed by atoms with Gasteiger partial charge < -0.3 is 4.74 Å². The third kappa shape index (κ3) is 3.32. The number of carbonyl (C=O) groups is 1. The second kappa shape index (κ2) is 8.12. The molecule has 0 spiro atoms. The van der Waals surface area contributed by atoms with E-state index in [9.17, 15) is 10.1 Å². The first-order valence-corrected chi connectivity index (χ1v) is 9.36. The van der Waals surface area contributed by atoms with Gasteiger partial charge in [-0.2, -0.15) is 4.89 Å². The van der Waals surface area contributed by atoms with Crippen molar-refractivity contribution in [3.05, 3.63) is 70.3 Å². The number of unbranched alkanes of at least 4 members (excludes halogenated alkanes) is 4. The SMILES string of the molecule is CCCCCCCOC1(OO)c2ccccc2C(=O)c2cc(C)ccc21. The molecule has 2 aromatic rings. The summed E-state index contributed by atoms with van der Waals surface area (Å²) in [5.41, 5.74) is 3.11. The van der Waals surface area contributed by atoms with Gasteiger partial charge in [0.15, 0.2) is 5.78 Å². The number of aryl methyl sites for hydroxylation is 1. The van der Waals surface area contributed by atoms with Crippen LogP contribution in [0.1, 0.15) is 71.6 Å². The Balaban J connectivity index is 1.96. The third-order valence-electron chi connectivity index (χ3n) is 4.98. The van der Waals surface area contributed by atoms with Gasteiger partial charge in [0.25, 0.3) is 5.79 Å². The van der Waals surface area contributed by atoms with Crippen LogP contribution < -0.4 is 0 Å². The van der Waals surface area contributed by atoms with Gasteiger partial charge in [0.2, 0.25) is 0 Å². The number of hydrogen-bond donors (Lipinski definition) is 1. The Kier molecular flexibility index (Phi) is 5.87. The van der Waals surface area contributed by atoms with Crippen molar-refractivity contribution >= 4 is 5.78 Å². The summed E-state index contributed by atoms with van der Waals surface area (Å²) in [5.74, 6) is -1.53. The summed E-state index contributed by atoms with van der Waals surface area (Å²) in [6.07, 6.45) is 5.50. The number of hydrogen-bond acceptors (Lipinski definition) is 4. The van der Waals surface area contributed by atoms with E-state index in [1.807, 2.05) is 37.3 Å². The van der Waals surface area contributed by atoms with Crippen LogP contribution in [0.2, 0.25) is 0 Å². The molecule has 3 rings (SSSR count). The first-order valence-electron chi connectivity index (χ1n) is 9.36. The maximum Gasteiger partial charge on any atom is 0.255 e. The molecule has 0 bridgehead atoms. The van der Waals surface area contributed by atoms with Crippen molar-refractivity contribution < 1.29 is 19.7 Å². The van der Waals surface area contributed by atoms with E-state index in [0.717, 1.165) is 24.8 Å². The third-order valence-corrected chi connectivity index (χ3v) is 4.98. The minimum absolute atomic E-state index is 0.0708. The first-order chi connectivity index (χ1) is 12.6. The van der Waals surface area contributed by atoms with Crippen LogP contribution >= 0.6 is 0 Å². The van der Waals surface area contributed by atoms with Gasteiger partial charge in [0.1, 0.15) is 0 Å². The Bertz CT molecular complexity index is 783. The minimum atomic E-state index is -1.46. The van der Waals surface area contributed by atoms with Gasteiger partial charge in [-0.15, -0.1) is 0 Å². The van der Waals surface area contributed by atoms with E-state index in [4.69, 9.17) is 9.62 Å². The molecule has 1 atom stereocenters. The van der Waals surface area contributed by atoms with Crippen LogP contribution in [-0.2, 0) is 15.4 Å². The minimum Gasteiger partial charge on any atom is -0.340 e. The predicted octanol–water partition coefficient (Wildman–Crippen LogP) is 5.22. The van der Waals surface area contributed by atoms with E-state index in [1.165, 1.54) is 12.8 Å². The highest BCUT2D eigenvalue weighted by Crippen LogP contribution is 2.43. The highest BCUT2D eigenvalue weighted by atomic mass is 17.1. The van der Waals surface area contributed by atoms with Gasteiger partial charge in [-0.1, -0.05) is 74.6 Å². The molecule has 0 aromatic heterocycles. The molecule has 1 aliphatic carbocycles. The summed E-state index contributed by atoms with van der Waals surface area (Å²) in [6, 6.07) is 12.7. The average Bonchev–Trinajstić information content (AvgIpc) is 2.67. The molecular formula is C22H26O4. The van der Waals surface area contributed by atoms with E-state index in [2.05, 4.69) is 6.92 Å². The van der Waals surface area contributed by atoms with Crippen LogP contribution in [0, 0.1) is 6.92 Å². The Morgan fingerprint density at radius 1 is 0.962 bits per heavy atom. The molecule has 1 aliphatic rings. The Morgan fingerprint density at radius 2 is 1.69 bits per heavy atom. The van der Waals surface area contributed by atoms with Crippen molar-refractivity contribution in [2.24, 2.45) is 0 Å². The van der Waals surface area contributed by atoms with Gasteiger partial charge in [0.05, 0.1) is 6.61 Å². The van der Waals surface area contributed by atoms with Gasteiger partial charge in [-0.3, -0.25) is 4.79 Å². The lowest BCUT2D eigenvalue weighted by molar-refractivity contribution is -0.396. The Hall–Kier alpha value is -2.01. The zero-order valence-electron chi connectivity index (χ0n) is 15.5. The van der Waals surface area contributed by atoms with Crippen molar-refractivity contribution in [2.75, 3.05) is 6.61 Å². The fourth-order valence-electron chi connectivity index (χ4n) is 3.59. The molecule has 0 fully saturated rings. The highest BCUT2D eigenvalue weighted by Gasteiger charge is 2.46. The molecule has 138 valence electrons. The summed E-state index contributed by atoms with van der Waals surface area (Å²) in [5, 5.41) is 9.90. The maximum atomic E-state index is 12.9. The molecular weight excluding hydrogens is 328 g/mol. The number of fused-ring (bicyclic) bond motifs is 2. The van der Waals surface area contributed by atoms with Gasteiger partial charge in [-0.25, -0.2) is 5.26 Å². The topological polar surface area (TPSA) is 55.8 Å². The largest absolute Gasteiger partial charge is 0.340 e. The fraction of sp³-hybridized carbons (Fsp3) is 0.409. The molecule has 2 aromatic carbocycles. The smallest absolute Gasteiger partial charge is 0.255 e. The molecule has 0 saturated carbocycles. The number of ketones is 1. The zero-order chi connectivity index (χ0) is 18.6. The summed E-state index contributed by atoms with van der Waals surface area (Å²) in [4.78, 5) is 17.9. The van der Waals surface area contributed by atoms with Crippen LogP contribution in [-0.4, -0.2) is 17.6 Å². The molecule has 1 unspecified atom stereocenters. The fourth-order valence-corrected chi connectivity index (χ4v) is 3.59. The Morgan fingerprint density at radius 3 is 2.46 bits per heavy atom. The van der Waals surface area contributed by atoms with E-state index in [-0.39, 0.29) is 5.78 Å². The van der Waals surface area contributed by atoms with Crippen molar-refractivity contribution in [1.29, 1.82) is 0 Å². The summed E-state index contributed by atoms with van der Waals surface area (Å²) in [7, 11) is 0. The Labute approximate surface area is 154 Å². The van der Waals surface area contributed by atoms with E-state index in [1.54, 1.807) is 12.1 Å². The molecule has 0 saturated heterocycles. The van der Waals surface area contributed by atoms with Crippen LogP contribution in [0.5, 0.6) is 0 Å². The summed E-state index contributed by atoms with van der Waals surface area (Å²) in [6.45, 7) is 4.56. The van der Waals surface area contributed by atoms with E-state index >= 15 is 0 Å². The van der Waals surface area contributed by atoms with Crippen LogP contribution in [0.3, 0.4) is 0 Å². The zero-order valence-corrected chi connectivity index (χ0v) is 15.5. The molecule has 0 heterocycles. The quantitative estimate of drug-likeness (QED) is 0.306. The predicted molar refractivity (Wildman–Crippen MR) is 100 cm³/mol. The van der Waals surface area contributed by atoms with Crippen molar-refractivity contribution in [2.45, 2.75) is 51.7 Å². The van der Waals surface area contributed by atoms with Crippen LogP contribution in [0.15, 0.2) is 42.5 Å². The van der Waals surface area contributed by atoms with Crippen LogP contribution in [0.4, 0.5) is 0 Å². The standard InChI is InChI=1S/C22H26O4/c1-3-4-5-6-9-14-25-22(26-24)19-11-8-7-10-17(19)21(23)18-15-16(2)12-13-20(18)22/h7-8,10-13,15,24H,3-6,9,14H2,1-2H3. The van der Waals surface area contributed by atoms with Gasteiger partial charge in [-0.05, 0) is 19.4 Å². The number of rotatable bonds is 8. The van der Waals surface area contributed by atoms with Crippen molar-refractivity contribution in [3.8, 4) is 0 Å². The summed E-state index contributed by atoms with van der Waals surface area (Å²) < 4.78 is 6.12. The average molecular weight is 354 g/mol. The van der Waals surface area contributed by atoms with E-state index < -0.39 is 5.79 Å².